The van der Waals surface area contributed by atoms with E-state index in [-0.39, 0.29) is 5.75 Å². The van der Waals surface area contributed by atoms with Crippen LogP contribution in [0.25, 0.3) is 0 Å². The standard InChI is InChI=1S/C13H14ClN3O/c1-8-5-10(6-16-13(8)14)15-7-11-12(18)4-3-9(2)17-11/h3-6,15,18H,7H2,1-2H3. The van der Waals surface area contributed by atoms with Gasteiger partial charge in [0, 0.05) is 5.69 Å². The molecule has 4 nitrogen and oxygen atoms in total. The lowest BCUT2D eigenvalue weighted by Gasteiger charge is -2.09. The molecule has 0 aliphatic rings. The van der Waals surface area contributed by atoms with Crippen LogP contribution in [-0.4, -0.2) is 15.1 Å². The number of hydrogen-bond donors (Lipinski definition) is 2. The maximum Gasteiger partial charge on any atom is 0.138 e. The number of nitrogens with one attached hydrogen (secondary N) is 1. The van der Waals surface area contributed by atoms with Crippen molar-refractivity contribution in [1.82, 2.24) is 9.97 Å². The van der Waals surface area contributed by atoms with E-state index < -0.39 is 0 Å². The molecule has 0 unspecified atom stereocenters. The first-order valence-electron chi connectivity index (χ1n) is 5.58. The summed E-state index contributed by atoms with van der Waals surface area (Å²) < 4.78 is 0. The number of anilines is 1. The highest BCUT2D eigenvalue weighted by Gasteiger charge is 2.04. The molecule has 94 valence electrons. The van der Waals surface area contributed by atoms with Gasteiger partial charge in [0.2, 0.25) is 0 Å². The topological polar surface area (TPSA) is 58.0 Å². The minimum absolute atomic E-state index is 0.187. The lowest BCUT2D eigenvalue weighted by molar-refractivity contribution is 0.464. The molecule has 0 bridgehead atoms. The number of halogens is 1. The first kappa shape index (κ1) is 12.6. The Labute approximate surface area is 111 Å². The van der Waals surface area contributed by atoms with Crippen molar-refractivity contribution in [3.05, 3.63) is 46.5 Å². The summed E-state index contributed by atoms with van der Waals surface area (Å²) in [6.45, 7) is 4.22. The molecule has 0 atom stereocenters. The predicted octanol–water partition coefficient (Wildman–Crippen LogP) is 3.06. The van der Waals surface area contributed by atoms with Gasteiger partial charge in [-0.3, -0.25) is 4.98 Å². The minimum atomic E-state index is 0.187. The summed E-state index contributed by atoms with van der Waals surface area (Å²) in [4.78, 5) is 8.32. The Balaban J connectivity index is 2.11. The molecular weight excluding hydrogens is 250 g/mol. The van der Waals surface area contributed by atoms with Gasteiger partial charge in [0.05, 0.1) is 18.4 Å². The molecule has 2 rings (SSSR count). The highest BCUT2D eigenvalue weighted by Crippen LogP contribution is 2.19. The van der Waals surface area contributed by atoms with Gasteiger partial charge in [0.25, 0.3) is 0 Å². The van der Waals surface area contributed by atoms with E-state index in [0.717, 1.165) is 16.9 Å². The van der Waals surface area contributed by atoms with Crippen molar-refractivity contribution in [2.75, 3.05) is 5.32 Å². The third kappa shape index (κ3) is 2.90. The van der Waals surface area contributed by atoms with E-state index in [9.17, 15) is 5.11 Å². The Morgan fingerprint density at radius 3 is 2.83 bits per heavy atom. The number of pyridine rings is 2. The van der Waals surface area contributed by atoms with E-state index in [4.69, 9.17) is 11.6 Å². The molecule has 0 aromatic carbocycles. The molecule has 0 radical (unpaired) electrons. The monoisotopic (exact) mass is 263 g/mol. The first-order valence-corrected chi connectivity index (χ1v) is 5.95. The lowest BCUT2D eigenvalue weighted by Crippen LogP contribution is -2.03. The Kier molecular flexibility index (Phi) is 3.67. The van der Waals surface area contributed by atoms with Crippen molar-refractivity contribution in [2.24, 2.45) is 0 Å². The van der Waals surface area contributed by atoms with Crippen molar-refractivity contribution in [3.63, 3.8) is 0 Å². The molecule has 2 heterocycles. The molecule has 18 heavy (non-hydrogen) atoms. The lowest BCUT2D eigenvalue weighted by atomic mass is 10.2. The predicted molar refractivity (Wildman–Crippen MR) is 71.9 cm³/mol. The van der Waals surface area contributed by atoms with Crippen LogP contribution >= 0.6 is 11.6 Å². The number of aryl methyl sites for hydroxylation is 2. The summed E-state index contributed by atoms with van der Waals surface area (Å²) in [6, 6.07) is 5.32. The van der Waals surface area contributed by atoms with Gasteiger partial charge in [-0.05, 0) is 37.6 Å². The van der Waals surface area contributed by atoms with Crippen LogP contribution < -0.4 is 5.32 Å². The Morgan fingerprint density at radius 1 is 1.33 bits per heavy atom. The normalized spacial score (nSPS) is 10.4. The smallest absolute Gasteiger partial charge is 0.138 e. The Hall–Kier alpha value is -1.81. The van der Waals surface area contributed by atoms with E-state index in [1.165, 1.54) is 0 Å². The Morgan fingerprint density at radius 2 is 2.11 bits per heavy atom. The van der Waals surface area contributed by atoms with Crippen LogP contribution in [0.5, 0.6) is 5.75 Å². The zero-order valence-electron chi connectivity index (χ0n) is 10.2. The van der Waals surface area contributed by atoms with Crippen LogP contribution in [0.4, 0.5) is 5.69 Å². The first-order chi connectivity index (χ1) is 8.56. The summed E-state index contributed by atoms with van der Waals surface area (Å²) in [5.41, 5.74) is 3.24. The molecule has 0 fully saturated rings. The molecule has 0 aliphatic carbocycles. The van der Waals surface area contributed by atoms with Crippen molar-refractivity contribution < 1.29 is 5.11 Å². The largest absolute Gasteiger partial charge is 0.506 e. The number of nitrogens with zero attached hydrogens (tertiary/aromatic N) is 2. The second kappa shape index (κ2) is 5.23. The summed E-state index contributed by atoms with van der Waals surface area (Å²) in [5.74, 6) is 0.187. The molecule has 0 saturated carbocycles. The van der Waals surface area contributed by atoms with Crippen LogP contribution in [-0.2, 0) is 6.54 Å². The number of aromatic nitrogens is 2. The summed E-state index contributed by atoms with van der Waals surface area (Å²) in [7, 11) is 0. The fourth-order valence-corrected chi connectivity index (χ4v) is 1.68. The van der Waals surface area contributed by atoms with Crippen molar-refractivity contribution in [1.29, 1.82) is 0 Å². The number of aromatic hydroxyl groups is 1. The van der Waals surface area contributed by atoms with Crippen LogP contribution in [0.3, 0.4) is 0 Å². The van der Waals surface area contributed by atoms with Crippen LogP contribution in [0.2, 0.25) is 5.15 Å². The molecule has 0 saturated heterocycles. The fraction of sp³-hybridized carbons (Fsp3) is 0.231. The van der Waals surface area contributed by atoms with Gasteiger partial charge < -0.3 is 10.4 Å². The zero-order chi connectivity index (χ0) is 13.1. The van der Waals surface area contributed by atoms with Gasteiger partial charge in [-0.2, -0.15) is 0 Å². The van der Waals surface area contributed by atoms with Crippen molar-refractivity contribution in [2.45, 2.75) is 20.4 Å². The molecule has 2 N–H and O–H groups in total. The van der Waals surface area contributed by atoms with Crippen LogP contribution in [0, 0.1) is 13.8 Å². The molecule has 0 aliphatic heterocycles. The van der Waals surface area contributed by atoms with E-state index >= 15 is 0 Å². The fourth-order valence-electron chi connectivity index (χ4n) is 1.57. The van der Waals surface area contributed by atoms with E-state index in [1.54, 1.807) is 18.3 Å². The van der Waals surface area contributed by atoms with Crippen LogP contribution in [0.15, 0.2) is 24.4 Å². The highest BCUT2D eigenvalue weighted by atomic mass is 35.5. The summed E-state index contributed by atoms with van der Waals surface area (Å²) >= 11 is 5.85. The van der Waals surface area contributed by atoms with Gasteiger partial charge in [0.15, 0.2) is 0 Å². The van der Waals surface area contributed by atoms with E-state index in [0.29, 0.717) is 17.4 Å². The molecule has 2 aromatic heterocycles. The minimum Gasteiger partial charge on any atom is -0.506 e. The SMILES string of the molecule is Cc1ccc(O)c(CNc2cnc(Cl)c(C)c2)n1. The molecule has 0 spiro atoms. The van der Waals surface area contributed by atoms with Crippen LogP contribution in [0.1, 0.15) is 17.0 Å². The van der Waals surface area contributed by atoms with Gasteiger partial charge in [-0.15, -0.1) is 0 Å². The van der Waals surface area contributed by atoms with Crippen molar-refractivity contribution in [3.8, 4) is 5.75 Å². The van der Waals surface area contributed by atoms with Gasteiger partial charge in [-0.1, -0.05) is 11.6 Å². The Bertz CT molecular complexity index is 572. The molecule has 2 aromatic rings. The average molecular weight is 264 g/mol. The summed E-state index contributed by atoms with van der Waals surface area (Å²) in [5, 5.41) is 13.3. The van der Waals surface area contributed by atoms with E-state index in [1.807, 2.05) is 19.9 Å². The summed E-state index contributed by atoms with van der Waals surface area (Å²) in [6.07, 6.45) is 1.65. The quantitative estimate of drug-likeness (QED) is 0.836. The molecule has 0 amide bonds. The second-order valence-corrected chi connectivity index (χ2v) is 4.46. The maximum absolute atomic E-state index is 9.67. The number of hydrogen-bond acceptors (Lipinski definition) is 4. The second-order valence-electron chi connectivity index (χ2n) is 4.10. The number of rotatable bonds is 3. The zero-order valence-corrected chi connectivity index (χ0v) is 11.0. The van der Waals surface area contributed by atoms with Gasteiger partial charge in [-0.25, -0.2) is 4.98 Å². The maximum atomic E-state index is 9.67. The third-order valence-corrected chi connectivity index (χ3v) is 2.96. The molecular formula is C13H14ClN3O. The van der Waals surface area contributed by atoms with Crippen molar-refractivity contribution >= 4 is 17.3 Å². The van der Waals surface area contributed by atoms with Gasteiger partial charge >= 0.3 is 0 Å². The highest BCUT2D eigenvalue weighted by molar-refractivity contribution is 6.30. The third-order valence-electron chi connectivity index (χ3n) is 2.56. The van der Waals surface area contributed by atoms with E-state index in [2.05, 4.69) is 15.3 Å². The average Bonchev–Trinajstić information content (AvgIpc) is 2.34. The van der Waals surface area contributed by atoms with Gasteiger partial charge in [0.1, 0.15) is 16.6 Å². The molecule has 5 heteroatoms.